The molecule has 2 aromatic heterocycles. The van der Waals surface area contributed by atoms with E-state index in [0.717, 1.165) is 34.2 Å². The lowest BCUT2D eigenvalue weighted by Gasteiger charge is -1.98. The van der Waals surface area contributed by atoms with E-state index in [1.807, 2.05) is 12.1 Å². The van der Waals surface area contributed by atoms with E-state index in [9.17, 15) is 0 Å². The van der Waals surface area contributed by atoms with Gasteiger partial charge in [-0.25, -0.2) is 0 Å². The quantitative estimate of drug-likeness (QED) is 0.731. The van der Waals surface area contributed by atoms with Gasteiger partial charge in [0.15, 0.2) is 5.82 Å². The van der Waals surface area contributed by atoms with E-state index in [0.29, 0.717) is 10.0 Å². The summed E-state index contributed by atoms with van der Waals surface area (Å²) in [5.74, 6) is 0.889. The van der Waals surface area contributed by atoms with E-state index in [1.54, 1.807) is 10.6 Å². The van der Waals surface area contributed by atoms with Crippen LogP contribution in [0.25, 0.3) is 15.5 Å². The van der Waals surface area contributed by atoms with Gasteiger partial charge >= 0.3 is 0 Å². The smallest absolute Gasteiger partial charge is 0.187 e. The maximum Gasteiger partial charge on any atom is 0.234 e. The van der Waals surface area contributed by atoms with Gasteiger partial charge in [0.1, 0.15) is 5.01 Å². The SMILES string of the molecule is CCCc1nnc2sc(-c3ccc(Cl)c(Cl)c3)nn12. The summed E-state index contributed by atoms with van der Waals surface area (Å²) >= 11 is 13.4. The molecule has 0 aliphatic rings. The van der Waals surface area contributed by atoms with Crippen molar-refractivity contribution < 1.29 is 0 Å². The molecule has 0 unspecified atom stereocenters. The second-order valence-corrected chi connectivity index (χ2v) is 5.87. The molecule has 0 spiro atoms. The van der Waals surface area contributed by atoms with Crippen LogP contribution in [0.5, 0.6) is 0 Å². The first-order valence-electron chi connectivity index (χ1n) is 5.85. The van der Waals surface area contributed by atoms with Crippen LogP contribution in [0.3, 0.4) is 0 Å². The van der Waals surface area contributed by atoms with Crippen molar-refractivity contribution >= 4 is 39.5 Å². The molecule has 7 heteroatoms. The van der Waals surface area contributed by atoms with Gasteiger partial charge in [0.25, 0.3) is 0 Å². The highest BCUT2D eigenvalue weighted by Gasteiger charge is 2.13. The van der Waals surface area contributed by atoms with Crippen molar-refractivity contribution in [3.05, 3.63) is 34.1 Å². The Kier molecular flexibility index (Phi) is 3.43. The summed E-state index contributed by atoms with van der Waals surface area (Å²) in [7, 11) is 0. The molecule has 3 aromatic rings. The van der Waals surface area contributed by atoms with Crippen LogP contribution in [0.4, 0.5) is 0 Å². The molecule has 0 bridgehead atoms. The van der Waals surface area contributed by atoms with Gasteiger partial charge in [-0.15, -0.1) is 10.2 Å². The molecular weight excluding hydrogens is 303 g/mol. The number of hydrogen-bond acceptors (Lipinski definition) is 4. The summed E-state index contributed by atoms with van der Waals surface area (Å²) in [6.07, 6.45) is 1.88. The van der Waals surface area contributed by atoms with Crippen LogP contribution in [0, 0.1) is 0 Å². The molecule has 0 aliphatic carbocycles. The molecule has 3 rings (SSSR count). The highest BCUT2D eigenvalue weighted by molar-refractivity contribution is 7.19. The number of aromatic nitrogens is 4. The summed E-state index contributed by atoms with van der Waals surface area (Å²) < 4.78 is 1.80. The standard InChI is InChI=1S/C12H10Cl2N4S/c1-2-3-10-15-16-12-18(10)17-11(19-12)7-4-5-8(13)9(14)6-7/h4-6H,2-3H2,1H3. The predicted octanol–water partition coefficient (Wildman–Crippen LogP) is 4.11. The third-order valence-corrected chi connectivity index (χ3v) is 4.38. The van der Waals surface area contributed by atoms with Crippen LogP contribution in [-0.4, -0.2) is 19.8 Å². The Morgan fingerprint density at radius 3 is 2.79 bits per heavy atom. The van der Waals surface area contributed by atoms with E-state index in [2.05, 4.69) is 22.2 Å². The van der Waals surface area contributed by atoms with Crippen LogP contribution in [0.15, 0.2) is 18.2 Å². The fraction of sp³-hybridized carbons (Fsp3) is 0.250. The molecule has 98 valence electrons. The lowest BCUT2D eigenvalue weighted by atomic mass is 10.2. The molecule has 0 amide bonds. The molecule has 0 fully saturated rings. The number of hydrogen-bond donors (Lipinski definition) is 0. The van der Waals surface area contributed by atoms with E-state index < -0.39 is 0 Å². The van der Waals surface area contributed by atoms with Crippen molar-refractivity contribution in [3.8, 4) is 10.6 Å². The number of nitrogens with zero attached hydrogens (tertiary/aromatic N) is 4. The minimum Gasteiger partial charge on any atom is -0.187 e. The van der Waals surface area contributed by atoms with Gasteiger partial charge in [-0.3, -0.25) is 0 Å². The van der Waals surface area contributed by atoms with Crippen LogP contribution in [0.2, 0.25) is 10.0 Å². The molecule has 0 saturated carbocycles. The molecule has 4 nitrogen and oxygen atoms in total. The van der Waals surface area contributed by atoms with Gasteiger partial charge in [0, 0.05) is 12.0 Å². The predicted molar refractivity (Wildman–Crippen MR) is 78.1 cm³/mol. The molecule has 0 radical (unpaired) electrons. The average molecular weight is 313 g/mol. The van der Waals surface area contributed by atoms with Crippen molar-refractivity contribution in [2.24, 2.45) is 0 Å². The van der Waals surface area contributed by atoms with Crippen LogP contribution in [-0.2, 0) is 6.42 Å². The lowest BCUT2D eigenvalue weighted by Crippen LogP contribution is -1.95. The number of fused-ring (bicyclic) bond motifs is 1. The first-order valence-corrected chi connectivity index (χ1v) is 7.43. The van der Waals surface area contributed by atoms with Crippen molar-refractivity contribution in [3.63, 3.8) is 0 Å². The molecular formula is C12H10Cl2N4S. The molecule has 0 atom stereocenters. The summed E-state index contributed by atoms with van der Waals surface area (Å²) in [5, 5.41) is 14.7. The monoisotopic (exact) mass is 312 g/mol. The third-order valence-electron chi connectivity index (χ3n) is 2.70. The Hall–Kier alpha value is -1.17. The first kappa shape index (κ1) is 12.8. The molecule has 0 N–H and O–H groups in total. The maximum atomic E-state index is 6.03. The van der Waals surface area contributed by atoms with Gasteiger partial charge in [-0.1, -0.05) is 47.5 Å². The minimum atomic E-state index is 0.527. The largest absolute Gasteiger partial charge is 0.234 e. The molecule has 19 heavy (non-hydrogen) atoms. The van der Waals surface area contributed by atoms with Crippen molar-refractivity contribution in [2.75, 3.05) is 0 Å². The van der Waals surface area contributed by atoms with Crippen LogP contribution >= 0.6 is 34.5 Å². The first-order chi connectivity index (χ1) is 9.19. The summed E-state index contributed by atoms with van der Waals surface area (Å²) in [6, 6.07) is 5.49. The van der Waals surface area contributed by atoms with Gasteiger partial charge in [-0.05, 0) is 18.6 Å². The van der Waals surface area contributed by atoms with Crippen molar-refractivity contribution in [1.82, 2.24) is 19.8 Å². The summed E-state index contributed by atoms with van der Waals surface area (Å²) in [5.41, 5.74) is 0.937. The second kappa shape index (κ2) is 5.07. The van der Waals surface area contributed by atoms with Crippen LogP contribution < -0.4 is 0 Å². The normalized spacial score (nSPS) is 11.3. The van der Waals surface area contributed by atoms with E-state index in [1.165, 1.54) is 11.3 Å². The number of benzene rings is 1. The third kappa shape index (κ3) is 2.33. The van der Waals surface area contributed by atoms with E-state index in [4.69, 9.17) is 23.2 Å². The number of halogens is 2. The maximum absolute atomic E-state index is 6.03. The Bertz CT molecular complexity index is 734. The highest BCUT2D eigenvalue weighted by Crippen LogP contribution is 2.31. The van der Waals surface area contributed by atoms with Crippen molar-refractivity contribution in [1.29, 1.82) is 0 Å². The van der Waals surface area contributed by atoms with Gasteiger partial charge < -0.3 is 0 Å². The minimum absolute atomic E-state index is 0.527. The van der Waals surface area contributed by atoms with Gasteiger partial charge in [0.05, 0.1) is 10.0 Å². The summed E-state index contributed by atoms with van der Waals surface area (Å²) in [4.78, 5) is 0.796. The molecule has 2 heterocycles. The fourth-order valence-electron chi connectivity index (χ4n) is 1.78. The zero-order valence-corrected chi connectivity index (χ0v) is 12.4. The topological polar surface area (TPSA) is 43.1 Å². The highest BCUT2D eigenvalue weighted by atomic mass is 35.5. The Balaban J connectivity index is 2.07. The van der Waals surface area contributed by atoms with Gasteiger partial charge in [-0.2, -0.15) is 9.61 Å². The van der Waals surface area contributed by atoms with Crippen LogP contribution in [0.1, 0.15) is 19.2 Å². The fourth-order valence-corrected chi connectivity index (χ4v) is 2.94. The Morgan fingerprint density at radius 2 is 2.05 bits per heavy atom. The van der Waals surface area contributed by atoms with Gasteiger partial charge in [0.2, 0.25) is 4.96 Å². The Labute approximate surface area is 124 Å². The zero-order chi connectivity index (χ0) is 13.4. The molecule has 0 aliphatic heterocycles. The van der Waals surface area contributed by atoms with E-state index >= 15 is 0 Å². The number of rotatable bonds is 3. The second-order valence-electron chi connectivity index (χ2n) is 4.10. The Morgan fingerprint density at radius 1 is 1.21 bits per heavy atom. The molecule has 0 saturated heterocycles. The lowest BCUT2D eigenvalue weighted by molar-refractivity contribution is 0.778. The average Bonchev–Trinajstić information content (AvgIpc) is 2.95. The number of aryl methyl sites for hydroxylation is 1. The van der Waals surface area contributed by atoms with Crippen molar-refractivity contribution in [2.45, 2.75) is 19.8 Å². The van der Waals surface area contributed by atoms with E-state index in [-0.39, 0.29) is 0 Å². The molecule has 1 aromatic carbocycles. The zero-order valence-electron chi connectivity index (χ0n) is 10.1. The summed E-state index contributed by atoms with van der Waals surface area (Å²) in [6.45, 7) is 2.10.